The van der Waals surface area contributed by atoms with Gasteiger partial charge in [0.15, 0.2) is 11.6 Å². The van der Waals surface area contributed by atoms with Gasteiger partial charge in [-0.25, -0.2) is 0 Å². The third-order valence-electron chi connectivity index (χ3n) is 4.12. The number of hydrogen-bond donors (Lipinski definition) is 2. The molecule has 0 heterocycles. The van der Waals surface area contributed by atoms with Gasteiger partial charge in [0, 0.05) is 17.2 Å². The molecular weight excluding hydrogens is 312 g/mol. The van der Waals surface area contributed by atoms with E-state index in [2.05, 4.69) is 0 Å². The number of ketones is 3. The van der Waals surface area contributed by atoms with Crippen LogP contribution in [-0.4, -0.2) is 34.7 Å². The summed E-state index contributed by atoms with van der Waals surface area (Å²) in [6, 6.07) is 3.99. The van der Waals surface area contributed by atoms with E-state index in [-0.39, 0.29) is 33.6 Å². The van der Waals surface area contributed by atoms with Crippen molar-refractivity contribution in [1.82, 2.24) is 0 Å². The van der Waals surface area contributed by atoms with Crippen LogP contribution in [0.5, 0.6) is 17.2 Å². The summed E-state index contributed by atoms with van der Waals surface area (Å²) >= 11 is 0. The molecule has 24 heavy (non-hydrogen) atoms. The average Bonchev–Trinajstić information content (AvgIpc) is 2.50. The first-order valence-electron chi connectivity index (χ1n) is 7.15. The van der Waals surface area contributed by atoms with Crippen LogP contribution in [0.4, 0.5) is 0 Å². The smallest absolute Gasteiger partial charge is 0.201 e. The number of carbonyl (C=O) groups is 3. The fraction of sp³-hybridized carbons (Fsp3) is 0.167. The molecule has 2 aromatic carbocycles. The van der Waals surface area contributed by atoms with Crippen LogP contribution in [0.3, 0.4) is 0 Å². The largest absolute Gasteiger partial charge is 0.507 e. The van der Waals surface area contributed by atoms with Gasteiger partial charge in [-0.3, -0.25) is 14.4 Å². The first kappa shape index (κ1) is 15.7. The predicted molar refractivity (Wildman–Crippen MR) is 84.4 cm³/mol. The normalized spacial score (nSPS) is 12.6. The van der Waals surface area contributed by atoms with Gasteiger partial charge < -0.3 is 14.9 Å². The quantitative estimate of drug-likeness (QED) is 0.701. The van der Waals surface area contributed by atoms with Crippen LogP contribution in [0.2, 0.25) is 0 Å². The van der Waals surface area contributed by atoms with Gasteiger partial charge in [-0.1, -0.05) is 0 Å². The molecule has 0 fully saturated rings. The molecule has 0 unspecified atom stereocenters. The SMILES string of the molecule is COc1cc(O)c2c(c1)C(=O)c1cc(C)c(C(C)=O)c(O)c1C2=O. The van der Waals surface area contributed by atoms with E-state index >= 15 is 0 Å². The highest BCUT2D eigenvalue weighted by molar-refractivity contribution is 6.31. The van der Waals surface area contributed by atoms with Crippen LogP contribution in [-0.2, 0) is 0 Å². The van der Waals surface area contributed by atoms with Crippen molar-refractivity contribution in [3.05, 3.63) is 51.6 Å². The third-order valence-corrected chi connectivity index (χ3v) is 4.12. The van der Waals surface area contributed by atoms with E-state index in [4.69, 9.17) is 4.74 Å². The number of methoxy groups -OCH3 is 1. The van der Waals surface area contributed by atoms with Crippen LogP contribution in [0.1, 0.15) is 54.7 Å². The second-order valence-electron chi connectivity index (χ2n) is 5.62. The van der Waals surface area contributed by atoms with Crippen molar-refractivity contribution < 1.29 is 29.3 Å². The first-order valence-corrected chi connectivity index (χ1v) is 7.15. The van der Waals surface area contributed by atoms with Crippen LogP contribution in [0.15, 0.2) is 18.2 Å². The second kappa shape index (κ2) is 5.19. The number of phenols is 2. The van der Waals surface area contributed by atoms with E-state index in [0.29, 0.717) is 5.56 Å². The molecular formula is C18H14O6. The van der Waals surface area contributed by atoms with Crippen molar-refractivity contribution >= 4 is 17.3 Å². The number of rotatable bonds is 2. The Bertz CT molecular complexity index is 939. The molecule has 0 spiro atoms. The maximum absolute atomic E-state index is 12.8. The number of hydrogen-bond acceptors (Lipinski definition) is 6. The van der Waals surface area contributed by atoms with E-state index < -0.39 is 28.8 Å². The van der Waals surface area contributed by atoms with Crippen molar-refractivity contribution in [2.75, 3.05) is 7.11 Å². The van der Waals surface area contributed by atoms with Crippen molar-refractivity contribution in [2.24, 2.45) is 0 Å². The molecule has 122 valence electrons. The Balaban J connectivity index is 2.38. The molecule has 0 amide bonds. The summed E-state index contributed by atoms with van der Waals surface area (Å²) in [4.78, 5) is 37.2. The van der Waals surface area contributed by atoms with Gasteiger partial charge in [-0.15, -0.1) is 0 Å². The fourth-order valence-electron chi connectivity index (χ4n) is 3.06. The number of phenolic OH excluding ortho intramolecular Hbond substituents is 2. The Morgan fingerprint density at radius 2 is 1.62 bits per heavy atom. The van der Waals surface area contributed by atoms with Crippen molar-refractivity contribution in [3.63, 3.8) is 0 Å². The Morgan fingerprint density at radius 1 is 1.00 bits per heavy atom. The summed E-state index contributed by atoms with van der Waals surface area (Å²) < 4.78 is 5.01. The van der Waals surface area contributed by atoms with Gasteiger partial charge in [0.25, 0.3) is 0 Å². The van der Waals surface area contributed by atoms with Gasteiger partial charge in [-0.2, -0.15) is 0 Å². The molecule has 2 aromatic rings. The van der Waals surface area contributed by atoms with Crippen LogP contribution in [0.25, 0.3) is 0 Å². The van der Waals surface area contributed by atoms with E-state index in [0.717, 1.165) is 0 Å². The summed E-state index contributed by atoms with van der Waals surface area (Å²) in [6.45, 7) is 2.84. The summed E-state index contributed by atoms with van der Waals surface area (Å²) in [5.41, 5.74) is -0.0774. The zero-order chi connectivity index (χ0) is 17.8. The molecule has 1 aliphatic carbocycles. The highest BCUT2D eigenvalue weighted by atomic mass is 16.5. The van der Waals surface area contributed by atoms with Crippen molar-refractivity contribution in [1.29, 1.82) is 0 Å². The van der Waals surface area contributed by atoms with E-state index in [1.807, 2.05) is 0 Å². The second-order valence-corrected chi connectivity index (χ2v) is 5.62. The van der Waals surface area contributed by atoms with E-state index in [9.17, 15) is 24.6 Å². The summed E-state index contributed by atoms with van der Waals surface area (Å²) in [7, 11) is 1.37. The number of benzene rings is 2. The first-order chi connectivity index (χ1) is 11.3. The molecule has 0 atom stereocenters. The summed E-state index contributed by atoms with van der Waals surface area (Å²) in [6.07, 6.45) is 0. The van der Waals surface area contributed by atoms with Gasteiger partial charge in [0.2, 0.25) is 5.78 Å². The van der Waals surface area contributed by atoms with Gasteiger partial charge in [0.05, 0.1) is 23.8 Å². The molecule has 0 aromatic heterocycles. The Morgan fingerprint density at radius 3 is 2.21 bits per heavy atom. The minimum absolute atomic E-state index is 0.000142. The minimum Gasteiger partial charge on any atom is -0.507 e. The van der Waals surface area contributed by atoms with E-state index in [1.165, 1.54) is 32.2 Å². The molecule has 1 aliphatic rings. The van der Waals surface area contributed by atoms with Crippen LogP contribution >= 0.6 is 0 Å². The molecule has 6 nitrogen and oxygen atoms in total. The number of aryl methyl sites for hydroxylation is 1. The van der Waals surface area contributed by atoms with Gasteiger partial charge >= 0.3 is 0 Å². The maximum atomic E-state index is 12.8. The van der Waals surface area contributed by atoms with Crippen LogP contribution in [0, 0.1) is 6.92 Å². The molecule has 0 saturated heterocycles. The molecule has 0 radical (unpaired) electrons. The maximum Gasteiger partial charge on any atom is 0.201 e. The Labute approximate surface area is 137 Å². The fourth-order valence-corrected chi connectivity index (χ4v) is 3.06. The van der Waals surface area contributed by atoms with Crippen molar-refractivity contribution in [2.45, 2.75) is 13.8 Å². The van der Waals surface area contributed by atoms with Gasteiger partial charge in [-0.05, 0) is 31.5 Å². The Kier molecular flexibility index (Phi) is 3.41. The zero-order valence-corrected chi connectivity index (χ0v) is 13.3. The average molecular weight is 326 g/mol. The lowest BCUT2D eigenvalue weighted by molar-refractivity contribution is 0.0971. The zero-order valence-electron chi connectivity index (χ0n) is 13.3. The number of carbonyl (C=O) groups excluding carboxylic acids is 3. The van der Waals surface area contributed by atoms with Crippen molar-refractivity contribution in [3.8, 4) is 17.2 Å². The molecule has 6 heteroatoms. The summed E-state index contributed by atoms with van der Waals surface area (Å²) in [5, 5.41) is 20.5. The van der Waals surface area contributed by atoms with Gasteiger partial charge in [0.1, 0.15) is 17.2 Å². The van der Waals surface area contributed by atoms with E-state index in [1.54, 1.807) is 6.92 Å². The number of aromatic hydroxyl groups is 2. The highest BCUT2D eigenvalue weighted by Gasteiger charge is 2.36. The number of Topliss-reactive ketones (excluding diaryl/α,β-unsaturated/α-hetero) is 1. The standard InChI is InChI=1S/C18H14O6/c1-7-4-10-15(17(22)13(7)8(2)19)18(23)14-11(16(10)21)5-9(24-3)6-12(14)20/h4-6,20,22H,1-3H3. The molecule has 2 N–H and O–H groups in total. The monoisotopic (exact) mass is 326 g/mol. The topological polar surface area (TPSA) is 101 Å². The lowest BCUT2D eigenvalue weighted by Gasteiger charge is -2.22. The lowest BCUT2D eigenvalue weighted by Crippen LogP contribution is -2.22. The predicted octanol–water partition coefficient (Wildman–Crippen LogP) is 2.39. The molecule has 0 bridgehead atoms. The minimum atomic E-state index is -0.709. The third kappa shape index (κ3) is 2.00. The molecule has 3 rings (SSSR count). The van der Waals surface area contributed by atoms with Crippen LogP contribution < -0.4 is 4.74 Å². The Hall–Kier alpha value is -3.15. The highest BCUT2D eigenvalue weighted by Crippen LogP contribution is 2.41. The number of ether oxygens (including phenoxy) is 1. The molecule has 0 saturated carbocycles. The lowest BCUT2D eigenvalue weighted by atomic mass is 9.80. The number of fused-ring (bicyclic) bond motifs is 2. The summed E-state index contributed by atoms with van der Waals surface area (Å²) in [5.74, 6) is -2.37. The molecule has 0 aliphatic heterocycles.